The van der Waals surface area contributed by atoms with Gasteiger partial charge in [0.05, 0.1) is 19.2 Å². The minimum Gasteiger partial charge on any atom is -0.497 e. The Labute approximate surface area is 154 Å². The Kier molecular flexibility index (Phi) is 4.89. The fourth-order valence-electron chi connectivity index (χ4n) is 4.17. The van der Waals surface area contributed by atoms with E-state index in [9.17, 15) is 4.79 Å². The van der Waals surface area contributed by atoms with Gasteiger partial charge in [0.25, 0.3) is 0 Å². The van der Waals surface area contributed by atoms with Crippen molar-refractivity contribution in [3.05, 3.63) is 59.9 Å². The molecular formula is C21H25N3O2. The number of aromatic nitrogens is 1. The summed E-state index contributed by atoms with van der Waals surface area (Å²) in [7, 11) is 1.65. The Morgan fingerprint density at radius 3 is 2.42 bits per heavy atom. The number of carbonyl (C=O) groups is 1. The zero-order valence-electron chi connectivity index (χ0n) is 15.2. The minimum atomic E-state index is 0.237. The van der Waals surface area contributed by atoms with E-state index in [0.717, 1.165) is 49.7 Å². The molecule has 3 heterocycles. The van der Waals surface area contributed by atoms with Crippen molar-refractivity contribution in [2.24, 2.45) is 11.8 Å². The highest BCUT2D eigenvalue weighted by atomic mass is 16.5. The number of benzene rings is 1. The van der Waals surface area contributed by atoms with Crippen molar-refractivity contribution >= 4 is 5.91 Å². The summed E-state index contributed by atoms with van der Waals surface area (Å²) >= 11 is 0. The van der Waals surface area contributed by atoms with Crippen molar-refractivity contribution in [1.82, 2.24) is 14.8 Å². The molecule has 5 nitrogen and oxygen atoms in total. The van der Waals surface area contributed by atoms with Crippen LogP contribution in [0.3, 0.4) is 0 Å². The van der Waals surface area contributed by atoms with E-state index in [4.69, 9.17) is 4.74 Å². The number of hydrogen-bond donors (Lipinski definition) is 0. The SMILES string of the molecule is COc1ccc(CC(=O)N2C[C@H]3CN(Cc4ccccn4)C[C@H]3C2)cc1. The molecule has 5 heteroatoms. The molecule has 0 spiro atoms. The van der Waals surface area contributed by atoms with Crippen LogP contribution in [0.1, 0.15) is 11.3 Å². The number of carbonyl (C=O) groups excluding carboxylic acids is 1. The summed E-state index contributed by atoms with van der Waals surface area (Å²) < 4.78 is 5.17. The smallest absolute Gasteiger partial charge is 0.227 e. The van der Waals surface area contributed by atoms with Crippen LogP contribution in [-0.4, -0.2) is 54.0 Å². The van der Waals surface area contributed by atoms with E-state index in [-0.39, 0.29) is 5.91 Å². The Morgan fingerprint density at radius 1 is 1.08 bits per heavy atom. The first kappa shape index (κ1) is 17.0. The topological polar surface area (TPSA) is 45.7 Å². The summed E-state index contributed by atoms with van der Waals surface area (Å²) in [6.07, 6.45) is 2.33. The van der Waals surface area contributed by atoms with Crippen LogP contribution in [0.4, 0.5) is 0 Å². The minimum absolute atomic E-state index is 0.237. The second kappa shape index (κ2) is 7.46. The van der Waals surface area contributed by atoms with Gasteiger partial charge < -0.3 is 9.64 Å². The lowest BCUT2D eigenvalue weighted by Crippen LogP contribution is -2.34. The molecule has 2 fully saturated rings. The van der Waals surface area contributed by atoms with E-state index >= 15 is 0 Å². The van der Waals surface area contributed by atoms with Gasteiger partial charge in [-0.3, -0.25) is 14.7 Å². The van der Waals surface area contributed by atoms with E-state index in [1.54, 1.807) is 7.11 Å². The van der Waals surface area contributed by atoms with E-state index in [2.05, 4.69) is 20.9 Å². The molecule has 2 saturated heterocycles. The number of hydrogen-bond acceptors (Lipinski definition) is 4. The first-order valence-corrected chi connectivity index (χ1v) is 9.24. The average molecular weight is 351 g/mol. The zero-order valence-corrected chi connectivity index (χ0v) is 15.2. The molecule has 0 unspecified atom stereocenters. The van der Waals surface area contributed by atoms with Gasteiger partial charge in [-0.25, -0.2) is 0 Å². The van der Waals surface area contributed by atoms with Crippen molar-refractivity contribution in [1.29, 1.82) is 0 Å². The van der Waals surface area contributed by atoms with Gasteiger partial charge in [-0.15, -0.1) is 0 Å². The molecule has 1 amide bonds. The van der Waals surface area contributed by atoms with Crippen LogP contribution in [0, 0.1) is 11.8 Å². The van der Waals surface area contributed by atoms with Crippen molar-refractivity contribution in [3.8, 4) is 5.75 Å². The molecule has 26 heavy (non-hydrogen) atoms. The predicted octanol–water partition coefficient (Wildman–Crippen LogP) is 2.22. The Bertz CT molecular complexity index is 734. The number of amides is 1. The molecule has 4 rings (SSSR count). The maximum Gasteiger partial charge on any atom is 0.227 e. The molecule has 136 valence electrons. The van der Waals surface area contributed by atoms with Gasteiger partial charge in [0.1, 0.15) is 5.75 Å². The summed E-state index contributed by atoms with van der Waals surface area (Å²) in [5, 5.41) is 0. The molecule has 2 aromatic rings. The lowest BCUT2D eigenvalue weighted by molar-refractivity contribution is -0.129. The van der Waals surface area contributed by atoms with E-state index in [0.29, 0.717) is 18.3 Å². The molecule has 1 aromatic heterocycles. The van der Waals surface area contributed by atoms with Crippen LogP contribution in [0.25, 0.3) is 0 Å². The molecular weight excluding hydrogens is 326 g/mol. The fraction of sp³-hybridized carbons (Fsp3) is 0.429. The largest absolute Gasteiger partial charge is 0.497 e. The number of methoxy groups -OCH3 is 1. The maximum atomic E-state index is 12.6. The lowest BCUT2D eigenvalue weighted by atomic mass is 10.0. The third-order valence-corrected chi connectivity index (χ3v) is 5.54. The summed E-state index contributed by atoms with van der Waals surface area (Å²) in [6, 6.07) is 13.9. The normalized spacial score (nSPS) is 22.4. The van der Waals surface area contributed by atoms with E-state index < -0.39 is 0 Å². The van der Waals surface area contributed by atoms with Gasteiger partial charge in [0.15, 0.2) is 0 Å². The molecule has 2 aliphatic rings. The third-order valence-electron chi connectivity index (χ3n) is 5.54. The number of fused-ring (bicyclic) bond motifs is 1. The lowest BCUT2D eigenvalue weighted by Gasteiger charge is -2.21. The van der Waals surface area contributed by atoms with Crippen molar-refractivity contribution < 1.29 is 9.53 Å². The molecule has 2 atom stereocenters. The average Bonchev–Trinajstić information content (AvgIpc) is 3.22. The molecule has 2 aliphatic heterocycles. The first-order valence-electron chi connectivity index (χ1n) is 9.24. The number of pyridine rings is 1. The van der Waals surface area contributed by atoms with Crippen molar-refractivity contribution in [2.75, 3.05) is 33.3 Å². The van der Waals surface area contributed by atoms with Gasteiger partial charge in [-0.2, -0.15) is 0 Å². The van der Waals surface area contributed by atoms with Gasteiger partial charge >= 0.3 is 0 Å². The number of nitrogens with zero attached hydrogens (tertiary/aromatic N) is 3. The van der Waals surface area contributed by atoms with Crippen LogP contribution in [0.2, 0.25) is 0 Å². The van der Waals surface area contributed by atoms with E-state index in [1.165, 1.54) is 0 Å². The number of rotatable bonds is 5. The Balaban J connectivity index is 1.29. The maximum absolute atomic E-state index is 12.6. The molecule has 0 saturated carbocycles. The van der Waals surface area contributed by atoms with E-state index in [1.807, 2.05) is 42.6 Å². The number of ether oxygens (including phenoxy) is 1. The second-order valence-corrected chi connectivity index (χ2v) is 7.36. The van der Waals surface area contributed by atoms with Crippen molar-refractivity contribution in [3.63, 3.8) is 0 Å². The van der Waals surface area contributed by atoms with Crippen LogP contribution < -0.4 is 4.74 Å². The summed E-state index contributed by atoms with van der Waals surface area (Å²) in [5.41, 5.74) is 2.17. The zero-order chi connectivity index (χ0) is 17.9. The molecule has 0 N–H and O–H groups in total. The highest BCUT2D eigenvalue weighted by molar-refractivity contribution is 5.79. The third kappa shape index (κ3) is 3.73. The monoisotopic (exact) mass is 351 g/mol. The fourth-order valence-corrected chi connectivity index (χ4v) is 4.17. The summed E-state index contributed by atoms with van der Waals surface area (Å²) in [6.45, 7) is 4.81. The van der Waals surface area contributed by atoms with Gasteiger partial charge in [-0.05, 0) is 41.7 Å². The quantitative estimate of drug-likeness (QED) is 0.829. The van der Waals surface area contributed by atoms with Crippen LogP contribution in [-0.2, 0) is 17.8 Å². The Morgan fingerprint density at radius 2 is 1.81 bits per heavy atom. The summed E-state index contributed by atoms with van der Waals surface area (Å²) in [4.78, 5) is 21.6. The highest BCUT2D eigenvalue weighted by Gasteiger charge is 2.41. The molecule has 0 bridgehead atoms. The first-order chi connectivity index (χ1) is 12.7. The highest BCUT2D eigenvalue weighted by Crippen LogP contribution is 2.32. The Hall–Kier alpha value is -2.40. The standard InChI is InChI=1S/C21H25N3O2/c1-26-20-7-5-16(6-8-20)10-21(25)24-13-17-11-23(12-18(17)14-24)15-19-4-2-3-9-22-19/h2-9,17-18H,10-15H2,1H3/t17-,18+. The number of likely N-dealkylation sites (tertiary alicyclic amines) is 2. The second-order valence-electron chi connectivity index (χ2n) is 7.36. The van der Waals surface area contributed by atoms with Gasteiger partial charge in [-0.1, -0.05) is 18.2 Å². The van der Waals surface area contributed by atoms with Crippen LogP contribution >= 0.6 is 0 Å². The molecule has 0 radical (unpaired) electrons. The predicted molar refractivity (Wildman–Crippen MR) is 99.8 cm³/mol. The van der Waals surface area contributed by atoms with Gasteiger partial charge in [0.2, 0.25) is 5.91 Å². The van der Waals surface area contributed by atoms with Gasteiger partial charge in [0, 0.05) is 38.9 Å². The molecule has 0 aliphatic carbocycles. The van der Waals surface area contributed by atoms with Crippen molar-refractivity contribution in [2.45, 2.75) is 13.0 Å². The van der Waals surface area contributed by atoms with Crippen LogP contribution in [0.15, 0.2) is 48.7 Å². The molecule has 1 aromatic carbocycles. The summed E-state index contributed by atoms with van der Waals surface area (Å²) in [5.74, 6) is 2.25. The van der Waals surface area contributed by atoms with Crippen LogP contribution in [0.5, 0.6) is 5.75 Å².